The second-order valence-corrected chi connectivity index (χ2v) is 6.11. The number of ether oxygens (including phenoxy) is 2. The predicted octanol–water partition coefficient (Wildman–Crippen LogP) is -0.467. The van der Waals surface area contributed by atoms with Crippen molar-refractivity contribution in [2.24, 2.45) is 0 Å². The van der Waals surface area contributed by atoms with Crippen molar-refractivity contribution in [2.75, 3.05) is 39.9 Å². The van der Waals surface area contributed by atoms with Crippen LogP contribution in [0.25, 0.3) is 0 Å². The molecular formula is C18H25N3O6. The molecule has 0 saturated heterocycles. The van der Waals surface area contributed by atoms with Gasteiger partial charge in [-0.1, -0.05) is 0 Å². The average Bonchev–Trinajstić information content (AvgIpc) is 2.65. The van der Waals surface area contributed by atoms with Gasteiger partial charge >= 0.3 is 0 Å². The number of rotatable bonds is 2. The summed E-state index contributed by atoms with van der Waals surface area (Å²) in [4.78, 5) is 37.8. The number of hydrogen-bond acceptors (Lipinski definition) is 6. The van der Waals surface area contributed by atoms with Crippen molar-refractivity contribution < 1.29 is 29.0 Å². The average molecular weight is 379 g/mol. The SMILES string of the molecule is COc1ccc2c(c1)OCCNC(=O)CN(C(=O)[C@@H](C)O)CCCNC2=O. The molecular weight excluding hydrogens is 354 g/mol. The summed E-state index contributed by atoms with van der Waals surface area (Å²) >= 11 is 0. The highest BCUT2D eigenvalue weighted by Gasteiger charge is 2.21. The molecule has 0 spiro atoms. The van der Waals surface area contributed by atoms with Gasteiger partial charge in [-0.05, 0) is 25.5 Å². The first kappa shape index (κ1) is 20.5. The number of nitrogens with zero attached hydrogens (tertiary/aromatic N) is 1. The third-order valence-electron chi connectivity index (χ3n) is 4.01. The molecule has 0 saturated carbocycles. The van der Waals surface area contributed by atoms with Gasteiger partial charge in [-0.25, -0.2) is 0 Å². The topological polar surface area (TPSA) is 117 Å². The van der Waals surface area contributed by atoms with E-state index in [1.807, 2.05) is 0 Å². The van der Waals surface area contributed by atoms with Crippen LogP contribution in [0.4, 0.5) is 0 Å². The largest absolute Gasteiger partial charge is 0.497 e. The van der Waals surface area contributed by atoms with Crippen molar-refractivity contribution in [1.82, 2.24) is 15.5 Å². The molecule has 1 aromatic rings. The number of aliphatic hydroxyl groups is 1. The minimum Gasteiger partial charge on any atom is -0.497 e. The van der Waals surface area contributed by atoms with Crippen molar-refractivity contribution >= 4 is 17.7 Å². The lowest BCUT2D eigenvalue weighted by molar-refractivity contribution is -0.142. The van der Waals surface area contributed by atoms with Crippen molar-refractivity contribution in [3.05, 3.63) is 23.8 Å². The highest BCUT2D eigenvalue weighted by Crippen LogP contribution is 2.24. The third kappa shape index (κ3) is 5.85. The lowest BCUT2D eigenvalue weighted by Crippen LogP contribution is -2.46. The molecule has 148 valence electrons. The summed E-state index contributed by atoms with van der Waals surface area (Å²) in [6, 6.07) is 4.89. The molecule has 0 aliphatic carbocycles. The first-order valence-electron chi connectivity index (χ1n) is 8.75. The van der Waals surface area contributed by atoms with Gasteiger partial charge in [0.15, 0.2) is 0 Å². The monoisotopic (exact) mass is 379 g/mol. The van der Waals surface area contributed by atoms with Crippen LogP contribution in [0.2, 0.25) is 0 Å². The second-order valence-electron chi connectivity index (χ2n) is 6.11. The highest BCUT2D eigenvalue weighted by molar-refractivity contribution is 5.97. The normalized spacial score (nSPS) is 17.5. The van der Waals surface area contributed by atoms with Gasteiger partial charge in [-0.3, -0.25) is 14.4 Å². The van der Waals surface area contributed by atoms with Gasteiger partial charge < -0.3 is 30.1 Å². The Morgan fingerprint density at radius 1 is 1.30 bits per heavy atom. The fourth-order valence-electron chi connectivity index (χ4n) is 2.62. The van der Waals surface area contributed by atoms with Crippen molar-refractivity contribution in [1.29, 1.82) is 0 Å². The van der Waals surface area contributed by atoms with E-state index in [0.717, 1.165) is 0 Å². The minimum absolute atomic E-state index is 0.142. The van der Waals surface area contributed by atoms with Gasteiger partial charge in [-0.15, -0.1) is 0 Å². The number of carbonyl (C=O) groups excluding carboxylic acids is 3. The zero-order valence-corrected chi connectivity index (χ0v) is 15.5. The predicted molar refractivity (Wildman–Crippen MR) is 96.7 cm³/mol. The molecule has 27 heavy (non-hydrogen) atoms. The standard InChI is InChI=1S/C18H25N3O6/c1-12(22)18(25)21-8-3-6-20-17(24)14-5-4-13(26-2)10-15(14)27-9-7-19-16(23)11-21/h4-5,10,12,22H,3,6-9,11H2,1-2H3,(H,19,23)(H,20,24)/t12-/m1/s1. The van der Waals surface area contributed by atoms with E-state index in [-0.39, 0.29) is 38.1 Å². The summed E-state index contributed by atoms with van der Waals surface area (Å²) in [6.07, 6.45) is -0.763. The van der Waals surface area contributed by atoms with E-state index in [9.17, 15) is 19.5 Å². The molecule has 0 bridgehead atoms. The maximum absolute atomic E-state index is 12.4. The lowest BCUT2D eigenvalue weighted by Gasteiger charge is -2.24. The molecule has 1 atom stereocenters. The summed E-state index contributed by atoms with van der Waals surface area (Å²) in [5, 5.41) is 14.9. The highest BCUT2D eigenvalue weighted by atomic mass is 16.5. The van der Waals surface area contributed by atoms with Gasteiger partial charge in [0.05, 0.1) is 25.8 Å². The number of hydrogen-bond donors (Lipinski definition) is 3. The molecule has 1 aromatic carbocycles. The smallest absolute Gasteiger partial charge is 0.255 e. The van der Waals surface area contributed by atoms with E-state index in [2.05, 4.69) is 10.6 Å². The van der Waals surface area contributed by atoms with E-state index in [1.165, 1.54) is 18.9 Å². The molecule has 9 nitrogen and oxygen atoms in total. The van der Waals surface area contributed by atoms with Crippen molar-refractivity contribution in [2.45, 2.75) is 19.4 Å². The molecule has 0 radical (unpaired) electrons. The molecule has 0 unspecified atom stereocenters. The summed E-state index contributed by atoms with van der Waals surface area (Å²) in [5.41, 5.74) is 0.357. The molecule has 9 heteroatoms. The Labute approximate surface area is 157 Å². The third-order valence-corrected chi connectivity index (χ3v) is 4.01. The summed E-state index contributed by atoms with van der Waals surface area (Å²) < 4.78 is 10.8. The Balaban J connectivity index is 2.14. The van der Waals surface area contributed by atoms with E-state index in [1.54, 1.807) is 18.2 Å². The van der Waals surface area contributed by atoms with E-state index < -0.39 is 12.0 Å². The van der Waals surface area contributed by atoms with Crippen LogP contribution in [0.1, 0.15) is 23.7 Å². The molecule has 1 heterocycles. The first-order chi connectivity index (χ1) is 12.9. The second kappa shape index (κ2) is 9.77. The minimum atomic E-state index is -1.20. The summed E-state index contributed by atoms with van der Waals surface area (Å²) in [7, 11) is 1.52. The van der Waals surface area contributed by atoms with Crippen molar-refractivity contribution in [3.63, 3.8) is 0 Å². The Morgan fingerprint density at radius 3 is 2.78 bits per heavy atom. The van der Waals surface area contributed by atoms with Gasteiger partial charge in [0.25, 0.3) is 11.8 Å². The van der Waals surface area contributed by atoms with Crippen molar-refractivity contribution in [3.8, 4) is 11.5 Å². The van der Waals surface area contributed by atoms with E-state index in [0.29, 0.717) is 30.0 Å². The van der Waals surface area contributed by atoms with Crippen LogP contribution in [0, 0.1) is 0 Å². The Kier molecular flexibility index (Phi) is 7.42. The fourth-order valence-corrected chi connectivity index (χ4v) is 2.62. The number of amides is 3. The molecule has 3 amide bonds. The Morgan fingerprint density at radius 2 is 2.07 bits per heavy atom. The molecule has 0 fully saturated rings. The maximum atomic E-state index is 12.4. The molecule has 2 rings (SSSR count). The van der Waals surface area contributed by atoms with Crippen LogP contribution in [0.3, 0.4) is 0 Å². The van der Waals surface area contributed by atoms with Gasteiger partial charge in [0.1, 0.15) is 24.2 Å². The molecule has 0 aromatic heterocycles. The maximum Gasteiger partial charge on any atom is 0.255 e. The van der Waals surface area contributed by atoms with Crippen LogP contribution < -0.4 is 20.1 Å². The molecule has 3 N–H and O–H groups in total. The number of carbonyl (C=O) groups is 3. The molecule has 1 aliphatic rings. The number of fused-ring (bicyclic) bond motifs is 1. The lowest BCUT2D eigenvalue weighted by atomic mass is 10.1. The van der Waals surface area contributed by atoms with Crippen LogP contribution in [0.5, 0.6) is 11.5 Å². The quantitative estimate of drug-likeness (QED) is 0.640. The zero-order valence-electron chi connectivity index (χ0n) is 15.5. The van der Waals surface area contributed by atoms with Crippen LogP contribution in [-0.2, 0) is 9.59 Å². The number of aliphatic hydroxyl groups excluding tert-OH is 1. The fraction of sp³-hybridized carbons (Fsp3) is 0.500. The van der Waals surface area contributed by atoms with E-state index >= 15 is 0 Å². The van der Waals surface area contributed by atoms with Crippen LogP contribution in [-0.4, -0.2) is 73.7 Å². The summed E-state index contributed by atoms with van der Waals surface area (Å²) in [5.74, 6) is -0.262. The number of methoxy groups -OCH3 is 1. The van der Waals surface area contributed by atoms with Crippen LogP contribution >= 0.6 is 0 Å². The Bertz CT molecular complexity index is 692. The zero-order chi connectivity index (χ0) is 19.8. The van der Waals surface area contributed by atoms with E-state index in [4.69, 9.17) is 9.47 Å². The first-order valence-corrected chi connectivity index (χ1v) is 8.75. The van der Waals surface area contributed by atoms with Gasteiger partial charge in [0, 0.05) is 19.2 Å². The number of nitrogens with one attached hydrogen (secondary N) is 2. The van der Waals surface area contributed by atoms with Crippen LogP contribution in [0.15, 0.2) is 18.2 Å². The Hall–Kier alpha value is -2.81. The molecule has 1 aliphatic heterocycles. The van der Waals surface area contributed by atoms with Gasteiger partial charge in [0.2, 0.25) is 5.91 Å². The summed E-state index contributed by atoms with van der Waals surface area (Å²) in [6.45, 7) is 2.07. The van der Waals surface area contributed by atoms with Gasteiger partial charge in [-0.2, -0.15) is 0 Å². The number of benzene rings is 1.